The van der Waals surface area contributed by atoms with Crippen LogP contribution in [0.2, 0.25) is 0 Å². The average molecular weight is 295 g/mol. The van der Waals surface area contributed by atoms with Gasteiger partial charge in [-0.15, -0.1) is 0 Å². The van der Waals surface area contributed by atoms with E-state index in [0.717, 1.165) is 10.6 Å². The molecule has 0 radical (unpaired) electrons. The predicted molar refractivity (Wildman–Crippen MR) is 69.2 cm³/mol. The Kier molecular flexibility index (Phi) is 4.78. The fraction of sp³-hybridized carbons (Fsp3) is 0.600. The lowest BCUT2D eigenvalue weighted by Crippen LogP contribution is -2.30. The molecule has 104 valence electrons. The van der Waals surface area contributed by atoms with Crippen LogP contribution in [0.5, 0.6) is 0 Å². The molecule has 18 heavy (non-hydrogen) atoms. The molecule has 0 unspecified atom stereocenters. The Hall–Kier alpha value is -0.620. The fourth-order valence-electron chi connectivity index (χ4n) is 1.65. The lowest BCUT2D eigenvalue weighted by atomic mass is 10.4. The SMILES string of the molecule is CCO[P@](C)(=O)[C@@H](c1ccco1)N(C)S(C)(=O)=O. The zero-order chi connectivity index (χ0) is 14.0. The highest BCUT2D eigenvalue weighted by atomic mass is 32.2. The number of sulfonamides is 1. The van der Waals surface area contributed by atoms with Crippen LogP contribution < -0.4 is 0 Å². The summed E-state index contributed by atoms with van der Waals surface area (Å²) in [4.78, 5) is 0. The van der Waals surface area contributed by atoms with E-state index in [0.29, 0.717) is 5.76 Å². The molecule has 0 amide bonds. The van der Waals surface area contributed by atoms with E-state index in [1.165, 1.54) is 20.0 Å². The molecule has 0 saturated heterocycles. The van der Waals surface area contributed by atoms with Gasteiger partial charge in [0.1, 0.15) is 5.76 Å². The molecule has 1 rings (SSSR count). The summed E-state index contributed by atoms with van der Waals surface area (Å²) in [6.45, 7) is 3.35. The molecule has 0 fully saturated rings. The van der Waals surface area contributed by atoms with Gasteiger partial charge in [0, 0.05) is 13.7 Å². The fourth-order valence-corrected chi connectivity index (χ4v) is 5.00. The van der Waals surface area contributed by atoms with Gasteiger partial charge >= 0.3 is 0 Å². The van der Waals surface area contributed by atoms with Crippen molar-refractivity contribution in [3.05, 3.63) is 24.2 Å². The van der Waals surface area contributed by atoms with Crippen LogP contribution in [0.3, 0.4) is 0 Å². The van der Waals surface area contributed by atoms with Crippen molar-refractivity contribution in [3.63, 3.8) is 0 Å². The summed E-state index contributed by atoms with van der Waals surface area (Å²) in [5, 5.41) is 0. The van der Waals surface area contributed by atoms with E-state index in [2.05, 4.69) is 0 Å². The highest BCUT2D eigenvalue weighted by Gasteiger charge is 2.39. The molecule has 1 heterocycles. The number of rotatable bonds is 6. The first kappa shape index (κ1) is 15.4. The number of hydrogen-bond acceptors (Lipinski definition) is 5. The Bertz CT molecular complexity index is 524. The van der Waals surface area contributed by atoms with Gasteiger partial charge in [-0.25, -0.2) is 8.42 Å². The van der Waals surface area contributed by atoms with Crippen molar-refractivity contribution in [3.8, 4) is 0 Å². The molecule has 0 aliphatic carbocycles. The van der Waals surface area contributed by atoms with Crippen LogP contribution in [0, 0.1) is 0 Å². The van der Waals surface area contributed by atoms with E-state index in [-0.39, 0.29) is 6.61 Å². The van der Waals surface area contributed by atoms with Gasteiger partial charge in [-0.1, -0.05) is 0 Å². The molecule has 1 aromatic rings. The van der Waals surface area contributed by atoms with Crippen molar-refractivity contribution in [1.29, 1.82) is 0 Å². The van der Waals surface area contributed by atoms with E-state index >= 15 is 0 Å². The smallest absolute Gasteiger partial charge is 0.225 e. The summed E-state index contributed by atoms with van der Waals surface area (Å²) >= 11 is 0. The molecule has 0 bridgehead atoms. The molecule has 8 heteroatoms. The molecule has 2 atom stereocenters. The topological polar surface area (TPSA) is 76.8 Å². The minimum atomic E-state index is -3.51. The molecule has 0 N–H and O–H groups in total. The van der Waals surface area contributed by atoms with Crippen LogP contribution >= 0.6 is 7.37 Å². The van der Waals surface area contributed by atoms with Crippen molar-refractivity contribution in [2.24, 2.45) is 0 Å². The van der Waals surface area contributed by atoms with Gasteiger partial charge in [0.15, 0.2) is 5.78 Å². The number of hydrogen-bond donors (Lipinski definition) is 0. The minimum Gasteiger partial charge on any atom is -0.467 e. The molecule has 0 aliphatic rings. The summed E-state index contributed by atoms with van der Waals surface area (Å²) in [5.41, 5.74) is 0. The van der Waals surface area contributed by atoms with Crippen LogP contribution in [-0.4, -0.2) is 39.3 Å². The summed E-state index contributed by atoms with van der Waals surface area (Å²) < 4.78 is 47.2. The highest BCUT2D eigenvalue weighted by molar-refractivity contribution is 7.88. The number of nitrogens with zero attached hydrogens (tertiary/aromatic N) is 1. The zero-order valence-corrected chi connectivity index (χ0v) is 12.6. The summed E-state index contributed by atoms with van der Waals surface area (Å²) in [7, 11) is -5.34. The maximum absolute atomic E-state index is 12.5. The first-order valence-corrected chi connectivity index (χ1v) is 9.37. The van der Waals surface area contributed by atoms with Crippen molar-refractivity contribution < 1.29 is 21.9 Å². The van der Waals surface area contributed by atoms with Gasteiger partial charge in [0.2, 0.25) is 17.4 Å². The Morgan fingerprint density at radius 1 is 1.56 bits per heavy atom. The molecule has 0 aromatic carbocycles. The van der Waals surface area contributed by atoms with Gasteiger partial charge < -0.3 is 8.94 Å². The van der Waals surface area contributed by atoms with E-state index in [4.69, 9.17) is 8.94 Å². The molecular formula is C10H18NO5PS. The van der Waals surface area contributed by atoms with E-state index in [1.54, 1.807) is 19.1 Å². The Labute approximate surface area is 107 Å². The third-order valence-electron chi connectivity index (χ3n) is 2.49. The first-order valence-electron chi connectivity index (χ1n) is 5.38. The molecule has 1 aromatic heterocycles. The second-order valence-corrected chi connectivity index (χ2v) is 8.60. The quantitative estimate of drug-likeness (QED) is 0.751. The summed E-state index contributed by atoms with van der Waals surface area (Å²) in [6.07, 6.45) is 2.46. The third-order valence-corrected chi connectivity index (χ3v) is 6.17. The Morgan fingerprint density at radius 3 is 2.56 bits per heavy atom. The van der Waals surface area contributed by atoms with Gasteiger partial charge in [-0.3, -0.25) is 4.57 Å². The van der Waals surface area contributed by atoms with Crippen molar-refractivity contribution in [2.75, 3.05) is 26.6 Å². The Balaban J connectivity index is 3.24. The molecule has 0 aliphatic heterocycles. The van der Waals surface area contributed by atoms with Crippen molar-refractivity contribution in [1.82, 2.24) is 4.31 Å². The standard InChI is InChI=1S/C10H18NO5PS/c1-5-16-17(3,12)10(9-7-6-8-15-9)11(2)18(4,13)14/h6-8,10H,5H2,1-4H3/t10-,17-/m0/s1. The first-order chi connectivity index (χ1) is 8.20. The van der Waals surface area contributed by atoms with Gasteiger partial charge in [0.05, 0.1) is 19.1 Å². The lowest BCUT2D eigenvalue weighted by molar-refractivity contribution is 0.295. The van der Waals surface area contributed by atoms with E-state index in [1.807, 2.05) is 0 Å². The Morgan fingerprint density at radius 2 is 2.17 bits per heavy atom. The van der Waals surface area contributed by atoms with E-state index in [9.17, 15) is 13.0 Å². The lowest BCUT2D eigenvalue weighted by Gasteiger charge is -2.29. The van der Waals surface area contributed by atoms with E-state index < -0.39 is 23.2 Å². The zero-order valence-electron chi connectivity index (χ0n) is 10.9. The average Bonchev–Trinajstić information content (AvgIpc) is 2.68. The van der Waals surface area contributed by atoms with Crippen molar-refractivity contribution >= 4 is 17.4 Å². The van der Waals surface area contributed by atoms with Crippen LogP contribution in [0.15, 0.2) is 22.8 Å². The maximum Gasteiger partial charge on any atom is 0.225 e. The third kappa shape index (κ3) is 3.45. The molecule has 0 spiro atoms. The van der Waals surface area contributed by atoms with Crippen molar-refractivity contribution in [2.45, 2.75) is 12.7 Å². The monoisotopic (exact) mass is 295 g/mol. The highest BCUT2D eigenvalue weighted by Crippen LogP contribution is 2.58. The van der Waals surface area contributed by atoms with Crippen LogP contribution in [0.4, 0.5) is 0 Å². The second-order valence-electron chi connectivity index (χ2n) is 3.99. The molecule has 0 saturated carbocycles. The van der Waals surface area contributed by atoms with Crippen LogP contribution in [0.1, 0.15) is 18.5 Å². The van der Waals surface area contributed by atoms with Crippen LogP contribution in [0.25, 0.3) is 0 Å². The van der Waals surface area contributed by atoms with Gasteiger partial charge in [-0.2, -0.15) is 4.31 Å². The second kappa shape index (κ2) is 5.57. The minimum absolute atomic E-state index is 0.239. The summed E-state index contributed by atoms with van der Waals surface area (Å²) in [6, 6.07) is 3.20. The molecule has 6 nitrogen and oxygen atoms in total. The predicted octanol–water partition coefficient (Wildman–Crippen LogP) is 2.11. The maximum atomic E-state index is 12.5. The number of furan rings is 1. The van der Waals surface area contributed by atoms with Gasteiger partial charge in [-0.05, 0) is 19.1 Å². The largest absolute Gasteiger partial charge is 0.467 e. The van der Waals surface area contributed by atoms with Crippen LogP contribution in [-0.2, 0) is 19.1 Å². The normalized spacial score (nSPS) is 17.6. The molecular weight excluding hydrogens is 277 g/mol. The summed E-state index contributed by atoms with van der Waals surface area (Å²) in [5.74, 6) is -0.635. The van der Waals surface area contributed by atoms with Gasteiger partial charge in [0.25, 0.3) is 0 Å².